The summed E-state index contributed by atoms with van der Waals surface area (Å²) in [5, 5.41) is 3.32. The lowest BCUT2D eigenvalue weighted by Crippen LogP contribution is -2.52. The Balaban J connectivity index is 1.81. The molecule has 0 aromatic carbocycles. The Morgan fingerprint density at radius 1 is 1.31 bits per heavy atom. The third-order valence-corrected chi connectivity index (χ3v) is 3.78. The van der Waals surface area contributed by atoms with Crippen molar-refractivity contribution in [2.24, 2.45) is 5.92 Å². The molecule has 0 saturated carbocycles. The maximum absolute atomic E-state index is 12.2. The molecule has 0 bridgehead atoms. The maximum atomic E-state index is 12.2. The number of nitrogens with zero attached hydrogens (tertiary/aromatic N) is 2. The number of likely N-dealkylation sites (N-methyl/N-ethyl adjacent to an activating group) is 1. The molecule has 0 unspecified atom stereocenters. The second-order valence-electron chi connectivity index (χ2n) is 4.80. The van der Waals surface area contributed by atoms with Crippen LogP contribution in [0.4, 0.5) is 0 Å². The van der Waals surface area contributed by atoms with Crippen molar-refractivity contribution in [3.8, 4) is 0 Å². The van der Waals surface area contributed by atoms with Crippen LogP contribution >= 0.6 is 0 Å². The van der Waals surface area contributed by atoms with E-state index in [9.17, 15) is 4.79 Å². The van der Waals surface area contributed by atoms with E-state index in [1.165, 1.54) is 0 Å². The zero-order valence-corrected chi connectivity index (χ0v) is 10.2. The van der Waals surface area contributed by atoms with Crippen molar-refractivity contribution in [1.29, 1.82) is 0 Å². The number of hydrogen-bond acceptors (Lipinski definition) is 3. The Kier molecular flexibility index (Phi) is 4.18. The van der Waals surface area contributed by atoms with Crippen molar-refractivity contribution in [3.63, 3.8) is 0 Å². The number of piperidine rings is 1. The highest BCUT2D eigenvalue weighted by Crippen LogP contribution is 2.14. The minimum Gasteiger partial charge on any atom is -0.340 e. The first kappa shape index (κ1) is 11.9. The summed E-state index contributed by atoms with van der Waals surface area (Å²) < 4.78 is 0. The Bertz CT molecular complexity index is 230. The van der Waals surface area contributed by atoms with Crippen molar-refractivity contribution in [2.75, 3.05) is 45.8 Å². The Hall–Kier alpha value is -0.610. The molecule has 2 aliphatic rings. The van der Waals surface area contributed by atoms with E-state index in [0.29, 0.717) is 5.91 Å². The van der Waals surface area contributed by atoms with Crippen LogP contribution in [0.15, 0.2) is 0 Å². The van der Waals surface area contributed by atoms with Crippen molar-refractivity contribution >= 4 is 5.91 Å². The molecule has 4 nitrogen and oxygen atoms in total. The fourth-order valence-electron chi connectivity index (χ4n) is 2.61. The van der Waals surface area contributed by atoms with Gasteiger partial charge in [0.05, 0.1) is 5.92 Å². The van der Waals surface area contributed by atoms with Crippen LogP contribution in [0.2, 0.25) is 0 Å². The molecule has 2 heterocycles. The molecule has 0 aromatic heterocycles. The van der Waals surface area contributed by atoms with E-state index in [1.54, 1.807) is 0 Å². The molecule has 2 saturated heterocycles. The van der Waals surface area contributed by atoms with Gasteiger partial charge in [-0.25, -0.2) is 0 Å². The summed E-state index contributed by atoms with van der Waals surface area (Å²) in [7, 11) is 0. The van der Waals surface area contributed by atoms with Crippen molar-refractivity contribution in [3.05, 3.63) is 0 Å². The fourth-order valence-corrected chi connectivity index (χ4v) is 2.61. The van der Waals surface area contributed by atoms with Gasteiger partial charge in [0.15, 0.2) is 0 Å². The van der Waals surface area contributed by atoms with E-state index < -0.39 is 0 Å². The number of hydrogen-bond donors (Lipinski definition) is 1. The standard InChI is InChI=1S/C12H23N3O/c1-2-14-6-8-15(9-7-14)12(16)11-4-3-5-13-10-11/h11,13H,2-10H2,1H3/t11-/m0/s1. The van der Waals surface area contributed by atoms with Gasteiger partial charge in [-0.05, 0) is 25.9 Å². The molecular formula is C12H23N3O. The summed E-state index contributed by atoms with van der Waals surface area (Å²) in [5.41, 5.74) is 0. The fraction of sp³-hybridized carbons (Fsp3) is 0.917. The number of carbonyl (C=O) groups is 1. The lowest BCUT2D eigenvalue weighted by atomic mass is 9.98. The van der Waals surface area contributed by atoms with Crippen LogP contribution in [0.3, 0.4) is 0 Å². The molecule has 1 N–H and O–H groups in total. The average molecular weight is 225 g/mol. The minimum absolute atomic E-state index is 0.238. The van der Waals surface area contributed by atoms with Gasteiger partial charge in [-0.15, -0.1) is 0 Å². The first-order valence-corrected chi connectivity index (χ1v) is 6.53. The van der Waals surface area contributed by atoms with Crippen LogP contribution in [0.25, 0.3) is 0 Å². The number of carbonyl (C=O) groups excluding carboxylic acids is 1. The minimum atomic E-state index is 0.238. The molecule has 0 radical (unpaired) electrons. The summed E-state index contributed by atoms with van der Waals surface area (Å²) in [6.07, 6.45) is 2.21. The SMILES string of the molecule is CCN1CCN(C(=O)[C@H]2CCCNC2)CC1. The molecule has 0 spiro atoms. The zero-order chi connectivity index (χ0) is 11.4. The topological polar surface area (TPSA) is 35.6 Å². The van der Waals surface area contributed by atoms with E-state index >= 15 is 0 Å². The van der Waals surface area contributed by atoms with Crippen LogP contribution in [-0.4, -0.2) is 61.5 Å². The second kappa shape index (κ2) is 5.64. The predicted molar refractivity (Wildman–Crippen MR) is 64.3 cm³/mol. The van der Waals surface area contributed by atoms with E-state index in [2.05, 4.69) is 22.0 Å². The van der Waals surface area contributed by atoms with E-state index in [0.717, 1.165) is 58.7 Å². The van der Waals surface area contributed by atoms with Crippen molar-refractivity contribution < 1.29 is 4.79 Å². The summed E-state index contributed by atoms with van der Waals surface area (Å²) in [6, 6.07) is 0. The second-order valence-corrected chi connectivity index (χ2v) is 4.80. The molecule has 1 amide bonds. The molecule has 2 aliphatic heterocycles. The van der Waals surface area contributed by atoms with Gasteiger partial charge < -0.3 is 15.1 Å². The highest BCUT2D eigenvalue weighted by Gasteiger charge is 2.27. The molecular weight excluding hydrogens is 202 g/mol. The smallest absolute Gasteiger partial charge is 0.227 e. The van der Waals surface area contributed by atoms with E-state index in [4.69, 9.17) is 0 Å². The van der Waals surface area contributed by atoms with Gasteiger partial charge in [-0.2, -0.15) is 0 Å². The number of amides is 1. The molecule has 4 heteroatoms. The summed E-state index contributed by atoms with van der Waals surface area (Å²) in [4.78, 5) is 16.7. The highest BCUT2D eigenvalue weighted by atomic mass is 16.2. The Labute approximate surface area is 98.0 Å². The molecule has 2 fully saturated rings. The molecule has 0 aliphatic carbocycles. The zero-order valence-electron chi connectivity index (χ0n) is 10.2. The van der Waals surface area contributed by atoms with Gasteiger partial charge in [0.25, 0.3) is 0 Å². The lowest BCUT2D eigenvalue weighted by molar-refractivity contribution is -0.137. The number of piperazine rings is 1. The van der Waals surface area contributed by atoms with Gasteiger partial charge >= 0.3 is 0 Å². The monoisotopic (exact) mass is 225 g/mol. The normalized spacial score (nSPS) is 28.1. The lowest BCUT2D eigenvalue weighted by Gasteiger charge is -2.36. The van der Waals surface area contributed by atoms with Gasteiger partial charge in [0.1, 0.15) is 0 Å². The quantitative estimate of drug-likeness (QED) is 0.726. The molecule has 92 valence electrons. The van der Waals surface area contributed by atoms with Crippen LogP contribution in [-0.2, 0) is 4.79 Å². The molecule has 0 aromatic rings. The van der Waals surface area contributed by atoms with Gasteiger partial charge in [-0.1, -0.05) is 6.92 Å². The maximum Gasteiger partial charge on any atom is 0.227 e. The Morgan fingerprint density at radius 3 is 2.62 bits per heavy atom. The average Bonchev–Trinajstić information content (AvgIpc) is 2.39. The number of nitrogens with one attached hydrogen (secondary N) is 1. The first-order chi connectivity index (χ1) is 7.81. The highest BCUT2D eigenvalue weighted by molar-refractivity contribution is 5.79. The first-order valence-electron chi connectivity index (χ1n) is 6.53. The number of rotatable bonds is 2. The van der Waals surface area contributed by atoms with Crippen LogP contribution < -0.4 is 5.32 Å². The summed E-state index contributed by atoms with van der Waals surface area (Å²) >= 11 is 0. The van der Waals surface area contributed by atoms with Gasteiger partial charge in [-0.3, -0.25) is 4.79 Å². The molecule has 1 atom stereocenters. The van der Waals surface area contributed by atoms with Crippen molar-refractivity contribution in [2.45, 2.75) is 19.8 Å². The summed E-state index contributed by atoms with van der Waals surface area (Å²) in [5.74, 6) is 0.616. The summed E-state index contributed by atoms with van der Waals surface area (Å²) in [6.45, 7) is 9.17. The third kappa shape index (κ3) is 2.74. The molecule has 2 rings (SSSR count). The van der Waals surface area contributed by atoms with E-state index in [-0.39, 0.29) is 5.92 Å². The predicted octanol–water partition coefficient (Wildman–Crippen LogP) is 0.150. The van der Waals surface area contributed by atoms with Crippen LogP contribution in [0, 0.1) is 5.92 Å². The van der Waals surface area contributed by atoms with Gasteiger partial charge in [0, 0.05) is 32.7 Å². The largest absolute Gasteiger partial charge is 0.340 e. The van der Waals surface area contributed by atoms with Crippen molar-refractivity contribution in [1.82, 2.24) is 15.1 Å². The van der Waals surface area contributed by atoms with Crippen LogP contribution in [0.1, 0.15) is 19.8 Å². The van der Waals surface area contributed by atoms with Gasteiger partial charge in [0.2, 0.25) is 5.91 Å². The molecule has 16 heavy (non-hydrogen) atoms. The van der Waals surface area contributed by atoms with E-state index in [1.807, 2.05) is 0 Å². The van der Waals surface area contributed by atoms with Crippen LogP contribution in [0.5, 0.6) is 0 Å². The third-order valence-electron chi connectivity index (χ3n) is 3.78. The Morgan fingerprint density at radius 2 is 2.06 bits per heavy atom.